The molecule has 0 bridgehead atoms. The molecule has 1 aliphatic carbocycles. The number of carbonyl (C=O) groups excluding carboxylic acids is 1. The van der Waals surface area contributed by atoms with E-state index in [1.165, 1.54) is 11.1 Å². The van der Waals surface area contributed by atoms with Crippen LogP contribution in [-0.2, 0) is 13.0 Å². The summed E-state index contributed by atoms with van der Waals surface area (Å²) in [5, 5.41) is 17.4. The van der Waals surface area contributed by atoms with Gasteiger partial charge in [0.05, 0.1) is 6.10 Å². The van der Waals surface area contributed by atoms with E-state index in [-0.39, 0.29) is 12.5 Å². The highest BCUT2D eigenvalue weighted by Crippen LogP contribution is 2.39. The van der Waals surface area contributed by atoms with Gasteiger partial charge < -0.3 is 19.3 Å². The van der Waals surface area contributed by atoms with E-state index in [9.17, 15) is 9.90 Å². The van der Waals surface area contributed by atoms with Crippen molar-refractivity contribution in [1.82, 2.24) is 29.7 Å². The fourth-order valence-electron chi connectivity index (χ4n) is 4.46. The number of aliphatic hydroxyl groups excluding tert-OH is 1. The predicted molar refractivity (Wildman–Crippen MR) is 124 cm³/mol. The third kappa shape index (κ3) is 4.32. The molecule has 4 heterocycles. The Morgan fingerprint density at radius 1 is 1.15 bits per heavy atom. The van der Waals surface area contributed by atoms with Crippen LogP contribution in [0.25, 0.3) is 17.0 Å². The minimum Gasteiger partial charge on any atom is -0.390 e. The molecule has 9 heteroatoms. The minimum absolute atomic E-state index is 0.170. The van der Waals surface area contributed by atoms with Crippen molar-refractivity contribution in [3.63, 3.8) is 0 Å². The molecule has 1 saturated carbocycles. The highest BCUT2D eigenvalue weighted by Gasteiger charge is 2.30. The molecule has 6 rings (SSSR count). The number of benzene rings is 1. The first-order valence-electron chi connectivity index (χ1n) is 11.7. The summed E-state index contributed by atoms with van der Waals surface area (Å²) >= 11 is 0. The van der Waals surface area contributed by atoms with Gasteiger partial charge in [0.2, 0.25) is 11.7 Å². The molecule has 2 N–H and O–H groups in total. The van der Waals surface area contributed by atoms with E-state index in [0.29, 0.717) is 35.5 Å². The van der Waals surface area contributed by atoms with E-state index >= 15 is 0 Å². The van der Waals surface area contributed by atoms with Gasteiger partial charge in [-0.25, -0.2) is 4.98 Å². The molecule has 1 aromatic carbocycles. The number of fused-ring (bicyclic) bond motifs is 2. The first-order valence-corrected chi connectivity index (χ1v) is 11.7. The zero-order valence-electron chi connectivity index (χ0n) is 18.7. The van der Waals surface area contributed by atoms with Gasteiger partial charge in [0, 0.05) is 50.1 Å². The van der Waals surface area contributed by atoms with Crippen LogP contribution < -0.4 is 5.32 Å². The number of pyridine rings is 1. The van der Waals surface area contributed by atoms with E-state index in [0.717, 1.165) is 37.9 Å². The Bertz CT molecular complexity index is 1340. The second-order valence-corrected chi connectivity index (χ2v) is 9.16. The summed E-state index contributed by atoms with van der Waals surface area (Å²) in [4.78, 5) is 23.8. The van der Waals surface area contributed by atoms with Gasteiger partial charge in [0.25, 0.3) is 5.91 Å². The number of carbonyl (C=O) groups is 1. The van der Waals surface area contributed by atoms with Crippen molar-refractivity contribution in [3.8, 4) is 11.4 Å². The molecule has 1 atom stereocenters. The highest BCUT2D eigenvalue weighted by molar-refractivity contribution is 5.92. The molecule has 0 spiro atoms. The molecular weight excluding hydrogens is 432 g/mol. The van der Waals surface area contributed by atoms with Crippen LogP contribution in [0.2, 0.25) is 0 Å². The van der Waals surface area contributed by atoms with Crippen molar-refractivity contribution in [2.24, 2.45) is 0 Å². The Labute approximate surface area is 196 Å². The molecular formula is C25H26N6O3. The third-order valence-electron chi connectivity index (χ3n) is 6.49. The van der Waals surface area contributed by atoms with Gasteiger partial charge in [-0.3, -0.25) is 9.69 Å². The normalized spacial score (nSPS) is 17.0. The van der Waals surface area contributed by atoms with Crippen molar-refractivity contribution in [3.05, 3.63) is 71.5 Å². The smallest absolute Gasteiger partial charge is 0.271 e. The molecule has 34 heavy (non-hydrogen) atoms. The fraction of sp³-hybridized carbons (Fsp3) is 0.360. The van der Waals surface area contributed by atoms with Crippen molar-refractivity contribution in [2.45, 2.75) is 37.8 Å². The van der Waals surface area contributed by atoms with Gasteiger partial charge in [-0.15, -0.1) is 0 Å². The Balaban J connectivity index is 1.06. The van der Waals surface area contributed by atoms with E-state index in [4.69, 9.17) is 4.52 Å². The molecule has 4 aromatic rings. The van der Waals surface area contributed by atoms with E-state index in [2.05, 4.69) is 43.5 Å². The van der Waals surface area contributed by atoms with E-state index in [1.54, 1.807) is 10.6 Å². The molecule has 0 unspecified atom stereocenters. The second kappa shape index (κ2) is 8.66. The average molecular weight is 459 g/mol. The van der Waals surface area contributed by atoms with Crippen molar-refractivity contribution < 1.29 is 14.4 Å². The van der Waals surface area contributed by atoms with Crippen LogP contribution in [0.15, 0.2) is 53.3 Å². The minimum atomic E-state index is -0.656. The van der Waals surface area contributed by atoms with Crippen LogP contribution in [0, 0.1) is 0 Å². The molecule has 0 radical (unpaired) electrons. The van der Waals surface area contributed by atoms with Crippen LogP contribution in [0.1, 0.15) is 46.3 Å². The Morgan fingerprint density at radius 2 is 2.00 bits per heavy atom. The number of nitrogens with zero attached hydrogens (tertiary/aromatic N) is 5. The molecule has 1 fully saturated rings. The highest BCUT2D eigenvalue weighted by atomic mass is 16.5. The maximum absolute atomic E-state index is 12.7. The summed E-state index contributed by atoms with van der Waals surface area (Å²) in [7, 11) is 0. The summed E-state index contributed by atoms with van der Waals surface area (Å²) in [6.45, 7) is 2.40. The topological polar surface area (TPSA) is 109 Å². The Kier molecular flexibility index (Phi) is 5.35. The second-order valence-electron chi connectivity index (χ2n) is 9.16. The summed E-state index contributed by atoms with van der Waals surface area (Å²) in [6.07, 6.45) is 6.03. The van der Waals surface area contributed by atoms with E-state index in [1.807, 2.05) is 24.4 Å². The van der Waals surface area contributed by atoms with Gasteiger partial charge in [-0.05, 0) is 42.5 Å². The van der Waals surface area contributed by atoms with Crippen molar-refractivity contribution in [2.75, 3.05) is 19.6 Å². The number of rotatable bonds is 7. The Morgan fingerprint density at radius 3 is 2.85 bits per heavy atom. The van der Waals surface area contributed by atoms with Crippen LogP contribution in [0.3, 0.4) is 0 Å². The zero-order chi connectivity index (χ0) is 23.1. The maximum Gasteiger partial charge on any atom is 0.271 e. The summed E-state index contributed by atoms with van der Waals surface area (Å²) in [5.74, 6) is 1.30. The van der Waals surface area contributed by atoms with Crippen LogP contribution >= 0.6 is 0 Å². The van der Waals surface area contributed by atoms with Crippen LogP contribution in [0.5, 0.6) is 0 Å². The summed E-state index contributed by atoms with van der Waals surface area (Å²) in [6, 6.07) is 12.1. The first kappa shape index (κ1) is 21.0. The number of aromatic nitrogens is 4. The lowest BCUT2D eigenvalue weighted by Gasteiger charge is -2.30. The van der Waals surface area contributed by atoms with Crippen molar-refractivity contribution >= 4 is 11.6 Å². The molecule has 3 aromatic heterocycles. The number of β-amino-alcohol motifs (C(OH)–C–C–N with tert-alkyl or cyclic N) is 1. The lowest BCUT2D eigenvalue weighted by molar-refractivity contribution is 0.0838. The zero-order valence-corrected chi connectivity index (χ0v) is 18.7. The molecule has 2 aliphatic rings. The number of hydrogen-bond acceptors (Lipinski definition) is 7. The SMILES string of the molecule is O=C(NC[C@H](O)CN1CCc2ccccc2C1)c1cn2cc(-c3noc(C4CC4)n3)ccc2n1. The number of imidazole rings is 1. The van der Waals surface area contributed by atoms with Gasteiger partial charge >= 0.3 is 0 Å². The lowest BCUT2D eigenvalue weighted by atomic mass is 10.00. The number of amides is 1. The number of hydrogen-bond donors (Lipinski definition) is 2. The summed E-state index contributed by atoms with van der Waals surface area (Å²) < 4.78 is 7.12. The first-order chi connectivity index (χ1) is 16.6. The number of aliphatic hydroxyl groups is 1. The van der Waals surface area contributed by atoms with Gasteiger partial charge in [-0.2, -0.15) is 4.98 Å². The van der Waals surface area contributed by atoms with Crippen LogP contribution in [0.4, 0.5) is 0 Å². The predicted octanol–water partition coefficient (Wildman–Crippen LogP) is 2.41. The lowest BCUT2D eigenvalue weighted by Crippen LogP contribution is -2.42. The summed E-state index contributed by atoms with van der Waals surface area (Å²) in [5.41, 5.74) is 4.42. The average Bonchev–Trinajstić information content (AvgIpc) is 3.42. The number of nitrogens with one attached hydrogen (secondary N) is 1. The van der Waals surface area contributed by atoms with Crippen LogP contribution in [-0.4, -0.2) is 61.2 Å². The fourth-order valence-corrected chi connectivity index (χ4v) is 4.46. The molecule has 1 aliphatic heterocycles. The van der Waals surface area contributed by atoms with Gasteiger partial charge in [-0.1, -0.05) is 29.4 Å². The molecule has 1 amide bonds. The van der Waals surface area contributed by atoms with E-state index < -0.39 is 6.10 Å². The van der Waals surface area contributed by atoms with Gasteiger partial charge in [0.15, 0.2) is 0 Å². The monoisotopic (exact) mass is 458 g/mol. The molecule has 0 saturated heterocycles. The third-order valence-corrected chi connectivity index (χ3v) is 6.49. The molecule has 9 nitrogen and oxygen atoms in total. The largest absolute Gasteiger partial charge is 0.390 e. The van der Waals surface area contributed by atoms with Gasteiger partial charge in [0.1, 0.15) is 11.3 Å². The standard InChI is InChI=1S/C25H26N6O3/c32-20(14-30-10-9-16-3-1-2-4-18(16)12-30)11-26-24(33)21-15-31-13-19(7-8-22(31)27-21)23-28-25(34-29-23)17-5-6-17/h1-4,7-8,13,15,17,20,32H,5-6,9-12,14H2,(H,26,33)/t20-/m0/s1. The van der Waals surface area contributed by atoms with Crippen molar-refractivity contribution in [1.29, 1.82) is 0 Å². The molecule has 174 valence electrons. The maximum atomic E-state index is 12.7. The Hall–Kier alpha value is -3.56. The quantitative estimate of drug-likeness (QED) is 0.438.